The Balaban J connectivity index is 1.48. The first kappa shape index (κ1) is 20.9. The van der Waals surface area contributed by atoms with Gasteiger partial charge in [-0.05, 0) is 37.6 Å². The highest BCUT2D eigenvalue weighted by atomic mass is 35.5. The Bertz CT molecular complexity index is 1430. The summed E-state index contributed by atoms with van der Waals surface area (Å²) in [5, 5.41) is 7.95. The number of fused-ring (bicyclic) bond motifs is 2. The number of oxazole rings is 1. The maximum absolute atomic E-state index is 13.1. The number of likely N-dealkylation sites (tertiary alicyclic amines) is 1. The van der Waals surface area contributed by atoms with Crippen molar-refractivity contribution in [3.05, 3.63) is 47.4 Å². The van der Waals surface area contributed by atoms with Crippen LogP contribution in [0.4, 0.5) is 11.8 Å². The molecule has 1 saturated heterocycles. The Morgan fingerprint density at radius 3 is 3.00 bits per heavy atom. The quantitative estimate of drug-likeness (QED) is 0.436. The third-order valence-electron chi connectivity index (χ3n) is 5.43. The van der Waals surface area contributed by atoms with Gasteiger partial charge in [-0.25, -0.2) is 14.6 Å². The number of halogens is 1. The van der Waals surface area contributed by atoms with Crippen LogP contribution in [0.5, 0.6) is 0 Å². The van der Waals surface area contributed by atoms with Crippen molar-refractivity contribution in [1.82, 2.24) is 29.6 Å². The number of aromatic nitrogens is 5. The zero-order valence-electron chi connectivity index (χ0n) is 17.5. The first-order valence-electron chi connectivity index (χ1n) is 10.2. The first-order valence-corrected chi connectivity index (χ1v) is 10.6. The number of nitrogens with zero attached hydrogens (tertiary/aromatic N) is 6. The van der Waals surface area contributed by atoms with Gasteiger partial charge in [0.05, 0.1) is 11.4 Å². The van der Waals surface area contributed by atoms with Gasteiger partial charge in [-0.3, -0.25) is 14.9 Å². The van der Waals surface area contributed by atoms with Gasteiger partial charge in [0.15, 0.2) is 16.9 Å². The Morgan fingerprint density at radius 2 is 2.18 bits per heavy atom. The smallest absolute Gasteiger partial charge is 0.302 e. The van der Waals surface area contributed by atoms with Crippen LogP contribution in [0.3, 0.4) is 0 Å². The van der Waals surface area contributed by atoms with Gasteiger partial charge in [-0.15, -0.1) is 0 Å². The number of carbonyl (C=O) groups excluding carboxylic acids is 2. The van der Waals surface area contributed by atoms with Crippen molar-refractivity contribution in [2.75, 3.05) is 24.1 Å². The molecule has 11 nitrogen and oxygen atoms in total. The maximum Gasteiger partial charge on any atom is 0.302 e. The molecule has 4 heterocycles. The molecule has 3 aromatic heterocycles. The second-order valence-corrected chi connectivity index (χ2v) is 8.00. The van der Waals surface area contributed by atoms with Crippen molar-refractivity contribution in [3.63, 3.8) is 0 Å². The van der Waals surface area contributed by atoms with Crippen LogP contribution in [0.25, 0.3) is 22.1 Å². The lowest BCUT2D eigenvalue weighted by Crippen LogP contribution is -2.27. The Kier molecular flexibility index (Phi) is 5.17. The van der Waals surface area contributed by atoms with Crippen LogP contribution in [0.15, 0.2) is 41.1 Å². The number of amides is 2. The zero-order chi connectivity index (χ0) is 23.1. The number of hydrogen-bond acceptors (Lipinski definition) is 8. The van der Waals surface area contributed by atoms with Crippen molar-refractivity contribution < 1.29 is 14.0 Å². The molecule has 168 valence electrons. The normalized spacial score (nSPS) is 16.3. The topological polar surface area (TPSA) is 145 Å². The maximum atomic E-state index is 13.1. The molecule has 0 aliphatic carbocycles. The molecular weight excluding hydrogens is 448 g/mol. The monoisotopic (exact) mass is 466 g/mol. The summed E-state index contributed by atoms with van der Waals surface area (Å²) in [6.07, 6.45) is 5.21. The molecule has 5 rings (SSSR count). The predicted molar refractivity (Wildman–Crippen MR) is 122 cm³/mol. The number of allylic oxidation sites excluding steroid dienone is 1. The lowest BCUT2D eigenvalue weighted by molar-refractivity contribution is -0.125. The SMILES string of the molecule is C/C=C/C(=O)N1CC[C@@H](n2nc(C(=O)Nc3nc4cc(Cl)ccc4o3)c3c(N)ncnc32)C1. The summed E-state index contributed by atoms with van der Waals surface area (Å²) in [6.45, 7) is 2.81. The molecule has 1 atom stereocenters. The average molecular weight is 467 g/mol. The average Bonchev–Trinajstić information content (AvgIpc) is 3.50. The highest BCUT2D eigenvalue weighted by Crippen LogP contribution is 2.29. The van der Waals surface area contributed by atoms with E-state index in [0.717, 1.165) is 0 Å². The van der Waals surface area contributed by atoms with E-state index in [1.165, 1.54) is 12.4 Å². The summed E-state index contributed by atoms with van der Waals surface area (Å²) < 4.78 is 7.21. The summed E-state index contributed by atoms with van der Waals surface area (Å²) in [7, 11) is 0. The number of carbonyl (C=O) groups is 2. The van der Waals surface area contributed by atoms with Crippen molar-refractivity contribution in [3.8, 4) is 0 Å². The minimum Gasteiger partial charge on any atom is -0.423 e. The van der Waals surface area contributed by atoms with Crippen molar-refractivity contribution in [2.45, 2.75) is 19.4 Å². The molecule has 0 bridgehead atoms. The van der Waals surface area contributed by atoms with Crippen LogP contribution in [0, 0.1) is 0 Å². The predicted octanol–water partition coefficient (Wildman–Crippen LogP) is 2.80. The molecule has 0 unspecified atom stereocenters. The van der Waals surface area contributed by atoms with E-state index in [-0.39, 0.29) is 29.5 Å². The van der Waals surface area contributed by atoms with Gasteiger partial charge in [-0.2, -0.15) is 10.1 Å². The Morgan fingerprint density at radius 1 is 1.33 bits per heavy atom. The fourth-order valence-electron chi connectivity index (χ4n) is 3.91. The van der Waals surface area contributed by atoms with E-state index in [4.69, 9.17) is 21.8 Å². The first-order chi connectivity index (χ1) is 15.9. The van der Waals surface area contributed by atoms with E-state index in [1.807, 2.05) is 0 Å². The van der Waals surface area contributed by atoms with Crippen LogP contribution in [0.2, 0.25) is 5.02 Å². The zero-order valence-corrected chi connectivity index (χ0v) is 18.3. The van der Waals surface area contributed by atoms with E-state index in [0.29, 0.717) is 46.7 Å². The molecule has 2 amide bonds. The lowest BCUT2D eigenvalue weighted by Gasteiger charge is -2.14. The highest BCUT2D eigenvalue weighted by Gasteiger charge is 2.31. The van der Waals surface area contributed by atoms with Gasteiger partial charge in [-0.1, -0.05) is 17.7 Å². The number of nitrogens with one attached hydrogen (secondary N) is 1. The molecule has 0 saturated carbocycles. The number of benzene rings is 1. The fourth-order valence-corrected chi connectivity index (χ4v) is 4.08. The summed E-state index contributed by atoms with van der Waals surface area (Å²) in [5.41, 5.74) is 7.53. The summed E-state index contributed by atoms with van der Waals surface area (Å²) >= 11 is 5.99. The van der Waals surface area contributed by atoms with Crippen LogP contribution >= 0.6 is 11.6 Å². The van der Waals surface area contributed by atoms with E-state index in [1.54, 1.807) is 40.8 Å². The molecule has 3 N–H and O–H groups in total. The van der Waals surface area contributed by atoms with Gasteiger partial charge >= 0.3 is 6.01 Å². The van der Waals surface area contributed by atoms with Crippen molar-refractivity contribution >= 4 is 57.4 Å². The third-order valence-corrected chi connectivity index (χ3v) is 5.67. The lowest BCUT2D eigenvalue weighted by atomic mass is 10.2. The van der Waals surface area contributed by atoms with E-state index in [2.05, 4.69) is 25.4 Å². The molecule has 1 aromatic carbocycles. The number of nitrogen functional groups attached to an aromatic ring is 1. The standard InChI is InChI=1S/C21H19ClN8O3/c1-2-3-15(31)29-7-6-12(9-29)30-19-16(18(23)24-10-25-19)17(28-30)20(32)27-21-26-13-8-11(22)4-5-14(13)33-21/h2-5,8,10,12H,6-7,9H2,1H3,(H2,23,24,25)(H,26,27,32)/b3-2+/t12-/m1/s1. The van der Waals surface area contributed by atoms with Crippen molar-refractivity contribution in [2.24, 2.45) is 0 Å². The number of nitrogens with two attached hydrogens (primary N) is 1. The van der Waals surface area contributed by atoms with E-state index < -0.39 is 5.91 Å². The van der Waals surface area contributed by atoms with Crippen LogP contribution in [0.1, 0.15) is 29.9 Å². The third kappa shape index (κ3) is 3.76. The molecule has 4 aromatic rings. The largest absolute Gasteiger partial charge is 0.423 e. The van der Waals surface area contributed by atoms with Gasteiger partial charge in [0.2, 0.25) is 5.91 Å². The van der Waals surface area contributed by atoms with E-state index >= 15 is 0 Å². The number of rotatable bonds is 4. The molecule has 1 aliphatic rings. The molecule has 33 heavy (non-hydrogen) atoms. The van der Waals surface area contributed by atoms with Gasteiger partial charge in [0, 0.05) is 18.1 Å². The van der Waals surface area contributed by atoms with Crippen LogP contribution in [-0.4, -0.2) is 54.5 Å². The van der Waals surface area contributed by atoms with Crippen LogP contribution in [-0.2, 0) is 4.79 Å². The minimum absolute atomic E-state index is 0.000575. The summed E-state index contributed by atoms with van der Waals surface area (Å²) in [5.74, 6) is -0.516. The molecule has 1 aliphatic heterocycles. The Hall–Kier alpha value is -3.99. The minimum atomic E-state index is -0.572. The molecule has 12 heteroatoms. The number of hydrogen-bond donors (Lipinski definition) is 2. The number of anilines is 2. The van der Waals surface area contributed by atoms with Crippen molar-refractivity contribution in [1.29, 1.82) is 0 Å². The fraction of sp³-hybridized carbons (Fsp3) is 0.238. The summed E-state index contributed by atoms with van der Waals surface area (Å²) in [6, 6.07) is 4.80. The Labute approximate surface area is 192 Å². The second kappa shape index (κ2) is 8.17. The van der Waals surface area contributed by atoms with Crippen LogP contribution < -0.4 is 11.1 Å². The second-order valence-electron chi connectivity index (χ2n) is 7.56. The van der Waals surface area contributed by atoms with Gasteiger partial charge in [0.25, 0.3) is 5.91 Å². The molecular formula is C21H19ClN8O3. The highest BCUT2D eigenvalue weighted by molar-refractivity contribution is 6.31. The molecule has 0 radical (unpaired) electrons. The summed E-state index contributed by atoms with van der Waals surface area (Å²) in [4.78, 5) is 39.6. The van der Waals surface area contributed by atoms with Gasteiger partial charge < -0.3 is 15.1 Å². The van der Waals surface area contributed by atoms with Gasteiger partial charge in [0.1, 0.15) is 17.7 Å². The molecule has 1 fully saturated rings. The molecule has 0 spiro atoms. The van der Waals surface area contributed by atoms with E-state index in [9.17, 15) is 9.59 Å².